The number of nitrogens with one attached hydrogen (secondary N) is 2. The summed E-state index contributed by atoms with van der Waals surface area (Å²) in [6.45, 7) is -0.240. The topological polar surface area (TPSA) is 82.2 Å². The number of sulfonamides is 1. The molecule has 96 valence electrons. The van der Waals surface area contributed by atoms with Crippen LogP contribution >= 0.6 is 11.6 Å². The Balaban J connectivity index is 2.24. The lowest BCUT2D eigenvalue weighted by molar-refractivity contribution is 0.277. The first-order valence-electron chi connectivity index (χ1n) is 5.08. The maximum Gasteiger partial charge on any atom is 0.263 e. The first kappa shape index (κ1) is 12.9. The molecule has 0 fully saturated rings. The minimum Gasteiger partial charge on any atom is -0.390 e. The van der Waals surface area contributed by atoms with Crippen LogP contribution < -0.4 is 4.72 Å². The maximum absolute atomic E-state index is 12.0. The zero-order valence-corrected chi connectivity index (χ0v) is 10.8. The summed E-state index contributed by atoms with van der Waals surface area (Å²) in [6.07, 6.45) is 1.32. The SMILES string of the molecule is O=S(=O)(Nc1ccc(Cl)cc1)c1c[nH]c(CO)c1. The van der Waals surface area contributed by atoms with E-state index in [1.165, 1.54) is 12.3 Å². The first-order valence-corrected chi connectivity index (χ1v) is 6.94. The van der Waals surface area contributed by atoms with Crippen LogP contribution in [0.25, 0.3) is 0 Å². The summed E-state index contributed by atoms with van der Waals surface area (Å²) in [5, 5.41) is 9.41. The van der Waals surface area contributed by atoms with Crippen molar-refractivity contribution in [2.24, 2.45) is 0 Å². The number of anilines is 1. The van der Waals surface area contributed by atoms with Crippen LogP contribution in [0, 0.1) is 0 Å². The second-order valence-electron chi connectivity index (χ2n) is 3.63. The van der Waals surface area contributed by atoms with Gasteiger partial charge in [-0.2, -0.15) is 0 Å². The fourth-order valence-corrected chi connectivity index (χ4v) is 2.60. The average Bonchev–Trinajstić information content (AvgIpc) is 2.81. The van der Waals surface area contributed by atoms with E-state index in [1.807, 2.05) is 0 Å². The molecule has 1 heterocycles. The van der Waals surface area contributed by atoms with Gasteiger partial charge in [-0.05, 0) is 30.3 Å². The van der Waals surface area contributed by atoms with Gasteiger partial charge in [0.05, 0.1) is 6.61 Å². The molecule has 7 heteroatoms. The van der Waals surface area contributed by atoms with Crippen LogP contribution in [0.3, 0.4) is 0 Å². The van der Waals surface area contributed by atoms with E-state index in [-0.39, 0.29) is 11.5 Å². The molecule has 0 amide bonds. The zero-order valence-electron chi connectivity index (χ0n) is 9.22. The van der Waals surface area contributed by atoms with Gasteiger partial charge in [0.2, 0.25) is 0 Å². The second-order valence-corrected chi connectivity index (χ2v) is 5.75. The molecule has 3 N–H and O–H groups in total. The van der Waals surface area contributed by atoms with Crippen LogP contribution in [0.15, 0.2) is 41.4 Å². The molecule has 0 saturated heterocycles. The third-order valence-corrected chi connectivity index (χ3v) is 3.91. The van der Waals surface area contributed by atoms with E-state index in [4.69, 9.17) is 16.7 Å². The number of aromatic nitrogens is 1. The summed E-state index contributed by atoms with van der Waals surface area (Å²) in [5.74, 6) is 0. The standard InChI is InChI=1S/C11H11ClN2O3S/c12-8-1-3-9(4-2-8)14-18(16,17)11-5-10(7-15)13-6-11/h1-6,13-15H,7H2. The average molecular weight is 287 g/mol. The Labute approximate surface area is 109 Å². The van der Waals surface area contributed by atoms with Crippen LogP contribution in [0.1, 0.15) is 5.69 Å². The molecule has 0 spiro atoms. The molecule has 5 nitrogen and oxygen atoms in total. The predicted molar refractivity (Wildman–Crippen MR) is 69.0 cm³/mol. The highest BCUT2D eigenvalue weighted by Gasteiger charge is 2.15. The summed E-state index contributed by atoms with van der Waals surface area (Å²) in [4.78, 5) is 2.74. The van der Waals surface area contributed by atoms with Gasteiger partial charge >= 0.3 is 0 Å². The number of aliphatic hydroxyl groups is 1. The molecule has 0 saturated carbocycles. The molecule has 0 bridgehead atoms. The van der Waals surface area contributed by atoms with Crippen molar-refractivity contribution in [1.82, 2.24) is 4.98 Å². The summed E-state index contributed by atoms with van der Waals surface area (Å²) in [5.41, 5.74) is 0.859. The summed E-state index contributed by atoms with van der Waals surface area (Å²) >= 11 is 5.71. The van der Waals surface area contributed by atoms with Gasteiger partial charge in [0.25, 0.3) is 10.0 Å². The Morgan fingerprint density at radius 3 is 2.50 bits per heavy atom. The molecule has 1 aromatic heterocycles. The monoisotopic (exact) mass is 286 g/mol. The first-order chi connectivity index (χ1) is 8.51. The van der Waals surface area contributed by atoms with Gasteiger partial charge in [-0.1, -0.05) is 11.6 Å². The van der Waals surface area contributed by atoms with E-state index >= 15 is 0 Å². The van der Waals surface area contributed by atoms with Gasteiger partial charge in [0.15, 0.2) is 0 Å². The Morgan fingerprint density at radius 2 is 1.94 bits per heavy atom. The molecule has 0 radical (unpaired) electrons. The molecule has 0 atom stereocenters. The van der Waals surface area contributed by atoms with Gasteiger partial charge in [-0.3, -0.25) is 4.72 Å². The van der Waals surface area contributed by atoms with E-state index in [0.29, 0.717) is 16.4 Å². The largest absolute Gasteiger partial charge is 0.390 e. The predicted octanol–water partition coefficient (Wildman–Crippen LogP) is 1.96. The Hall–Kier alpha value is -1.50. The molecule has 2 rings (SSSR count). The zero-order chi connectivity index (χ0) is 13.2. The third-order valence-electron chi connectivity index (χ3n) is 2.29. The minimum absolute atomic E-state index is 0.0708. The van der Waals surface area contributed by atoms with Crippen molar-refractivity contribution in [3.63, 3.8) is 0 Å². The molecule has 0 aliphatic carbocycles. The van der Waals surface area contributed by atoms with E-state index in [0.717, 1.165) is 0 Å². The van der Waals surface area contributed by atoms with Gasteiger partial charge in [0.1, 0.15) is 4.90 Å². The number of benzene rings is 1. The molecule has 18 heavy (non-hydrogen) atoms. The summed E-state index contributed by atoms with van der Waals surface area (Å²) in [7, 11) is -3.65. The number of rotatable bonds is 4. The number of halogens is 1. The lowest BCUT2D eigenvalue weighted by Crippen LogP contribution is -2.11. The van der Waals surface area contributed by atoms with Crippen LogP contribution in [0.2, 0.25) is 5.02 Å². The minimum atomic E-state index is -3.65. The molecule has 0 aliphatic heterocycles. The normalized spacial score (nSPS) is 11.4. The molecule has 0 aliphatic rings. The van der Waals surface area contributed by atoms with Gasteiger partial charge in [-0.15, -0.1) is 0 Å². The summed E-state index contributed by atoms with van der Waals surface area (Å²) in [6, 6.07) is 7.70. The Kier molecular flexibility index (Phi) is 3.60. The lowest BCUT2D eigenvalue weighted by Gasteiger charge is -2.05. The maximum atomic E-state index is 12.0. The molecular weight excluding hydrogens is 276 g/mol. The quantitative estimate of drug-likeness (QED) is 0.803. The van der Waals surface area contributed by atoms with Crippen molar-refractivity contribution < 1.29 is 13.5 Å². The van der Waals surface area contributed by atoms with E-state index < -0.39 is 10.0 Å². The Morgan fingerprint density at radius 1 is 1.28 bits per heavy atom. The van der Waals surface area contributed by atoms with Crippen molar-refractivity contribution in [2.75, 3.05) is 4.72 Å². The molecule has 1 aromatic carbocycles. The molecule has 0 unspecified atom stereocenters. The smallest absolute Gasteiger partial charge is 0.263 e. The van der Waals surface area contributed by atoms with Gasteiger partial charge in [-0.25, -0.2) is 8.42 Å². The van der Waals surface area contributed by atoms with Crippen LogP contribution in [0.4, 0.5) is 5.69 Å². The fourth-order valence-electron chi connectivity index (χ4n) is 1.40. The van der Waals surface area contributed by atoms with Gasteiger partial charge in [0, 0.05) is 22.6 Å². The number of hydrogen-bond donors (Lipinski definition) is 3. The number of H-pyrrole nitrogens is 1. The molecular formula is C11H11ClN2O3S. The van der Waals surface area contributed by atoms with Crippen LogP contribution in [-0.2, 0) is 16.6 Å². The van der Waals surface area contributed by atoms with Crippen molar-refractivity contribution in [3.05, 3.63) is 47.2 Å². The highest BCUT2D eigenvalue weighted by Crippen LogP contribution is 2.18. The summed E-state index contributed by atoms with van der Waals surface area (Å²) < 4.78 is 26.4. The number of hydrogen-bond acceptors (Lipinski definition) is 3. The van der Waals surface area contributed by atoms with E-state index in [2.05, 4.69) is 9.71 Å². The number of aromatic amines is 1. The highest BCUT2D eigenvalue weighted by atomic mass is 35.5. The van der Waals surface area contributed by atoms with Crippen LogP contribution in [-0.4, -0.2) is 18.5 Å². The third kappa shape index (κ3) is 2.84. The van der Waals surface area contributed by atoms with Crippen molar-refractivity contribution in [3.8, 4) is 0 Å². The molecule has 2 aromatic rings. The van der Waals surface area contributed by atoms with Crippen molar-refractivity contribution >= 4 is 27.3 Å². The van der Waals surface area contributed by atoms with Gasteiger partial charge < -0.3 is 10.1 Å². The van der Waals surface area contributed by atoms with Crippen molar-refractivity contribution in [2.45, 2.75) is 11.5 Å². The van der Waals surface area contributed by atoms with E-state index in [9.17, 15) is 8.42 Å². The van der Waals surface area contributed by atoms with Crippen LogP contribution in [0.5, 0.6) is 0 Å². The second kappa shape index (κ2) is 5.01. The Bertz CT molecular complexity index is 635. The highest BCUT2D eigenvalue weighted by molar-refractivity contribution is 7.92. The lowest BCUT2D eigenvalue weighted by atomic mass is 10.3. The van der Waals surface area contributed by atoms with E-state index in [1.54, 1.807) is 24.3 Å². The fraction of sp³-hybridized carbons (Fsp3) is 0.0909. The van der Waals surface area contributed by atoms with Crippen molar-refractivity contribution in [1.29, 1.82) is 0 Å². The number of aliphatic hydroxyl groups excluding tert-OH is 1.